The van der Waals surface area contributed by atoms with E-state index in [-0.39, 0.29) is 104 Å². The van der Waals surface area contributed by atoms with Crippen LogP contribution >= 0.6 is 0 Å². The number of rotatable bonds is 22. The molecule has 25 heteroatoms. The molecule has 8 aliphatic rings. The fraction of sp³-hybridized carbons (Fsp3) is 0.724. The number of carbonyl (C=O) groups is 10. The Labute approximate surface area is 663 Å². The first-order valence-corrected chi connectivity index (χ1v) is 41.0. The number of nitrogens with zero attached hydrogens (tertiary/aromatic N) is 3. The van der Waals surface area contributed by atoms with Gasteiger partial charge in [-0.15, -0.1) is 0 Å². The maximum atomic E-state index is 14.9. The van der Waals surface area contributed by atoms with Crippen LogP contribution in [0.5, 0.6) is 0 Å². The molecule has 112 heavy (non-hydrogen) atoms. The van der Waals surface area contributed by atoms with E-state index >= 15 is 0 Å². The molecule has 4 heterocycles. The molecule has 3 N–H and O–H groups in total. The SMILES string of the molecule is COC[C@H]1OC(=O)/C(=C/N(C)CCCN(C)C)C2=C(O)C(=O)C3=C([C@H](OC(C)=O)C[C@@]4(C)C3CC[C@@H]4OC(=O)CCCCCCC(=O)OC3CCC(C[C@H](C)[C@@H]4CC(=O)[C@H](C)/C=C(\C)[C@@H](O)[C@@H](OC)C(=O)[C@H](C)C[C@H](C)/C=C/C=C/C=C(\C)[C@@H](OC)C[C@@H]5CC[C@@H](C)[C@@](O)(O5)C(=O)C(=O)N5CCCC[C@H]5C(=O)O4)CC3)[C@]21C. The van der Waals surface area contributed by atoms with Crippen molar-refractivity contribution < 1.29 is 106 Å². The van der Waals surface area contributed by atoms with E-state index in [0.29, 0.717) is 120 Å². The van der Waals surface area contributed by atoms with Gasteiger partial charge in [0.15, 0.2) is 11.5 Å². The van der Waals surface area contributed by atoms with Crippen LogP contribution in [0.4, 0.5) is 0 Å². The summed E-state index contributed by atoms with van der Waals surface area (Å²) in [5.74, 6) is -12.3. The number of aliphatic hydroxyl groups excluding tert-OH is 2. The van der Waals surface area contributed by atoms with Crippen molar-refractivity contribution in [1.82, 2.24) is 14.7 Å². The van der Waals surface area contributed by atoms with Crippen LogP contribution < -0.4 is 0 Å². The van der Waals surface area contributed by atoms with Gasteiger partial charge in [0.1, 0.15) is 54.6 Å². The van der Waals surface area contributed by atoms with E-state index in [9.17, 15) is 63.3 Å². The van der Waals surface area contributed by atoms with Crippen molar-refractivity contribution in [2.75, 3.05) is 68.7 Å². The maximum absolute atomic E-state index is 14.9. The predicted octanol–water partition coefficient (Wildman–Crippen LogP) is 11.1. The van der Waals surface area contributed by atoms with Gasteiger partial charge >= 0.3 is 29.8 Å². The minimum absolute atomic E-state index is 0.0221. The second kappa shape index (κ2) is 40.5. The van der Waals surface area contributed by atoms with Crippen molar-refractivity contribution in [1.29, 1.82) is 0 Å². The Bertz CT molecular complexity index is 3620. The largest absolute Gasteiger partial charge is 0.504 e. The van der Waals surface area contributed by atoms with Gasteiger partial charge in [-0.25, -0.2) is 9.59 Å². The highest BCUT2D eigenvalue weighted by molar-refractivity contribution is 6.39. The van der Waals surface area contributed by atoms with Crippen LogP contribution in [0.25, 0.3) is 0 Å². The molecular formula is C87H129N3O22. The molecule has 0 radical (unpaired) electrons. The smallest absolute Gasteiger partial charge is 0.340 e. The highest BCUT2D eigenvalue weighted by Gasteiger charge is 2.65. The summed E-state index contributed by atoms with van der Waals surface area (Å²) in [5, 5.41) is 35.9. The van der Waals surface area contributed by atoms with Gasteiger partial charge in [0.2, 0.25) is 11.6 Å². The Hall–Kier alpha value is -7.00. The number of piperidine rings is 1. The first-order valence-electron chi connectivity index (χ1n) is 41.0. The first-order chi connectivity index (χ1) is 53.0. The molecule has 0 aromatic rings. The van der Waals surface area contributed by atoms with E-state index in [1.54, 1.807) is 61.1 Å². The van der Waals surface area contributed by atoms with E-state index in [1.165, 1.54) is 26.0 Å². The molecule has 1 amide bonds. The van der Waals surface area contributed by atoms with Crippen molar-refractivity contribution in [3.8, 4) is 0 Å². The lowest BCUT2D eigenvalue weighted by atomic mass is 9.53. The molecule has 0 aromatic carbocycles. The number of ketones is 4. The van der Waals surface area contributed by atoms with Crippen molar-refractivity contribution in [3.05, 3.63) is 81.9 Å². The number of fused-ring (bicyclic) bond motifs is 7. The number of esters is 5. The average molecular weight is 1570 g/mol. The zero-order valence-electron chi connectivity index (χ0n) is 69.4. The van der Waals surface area contributed by atoms with Gasteiger partial charge in [0.25, 0.3) is 11.7 Å². The Morgan fingerprint density at radius 3 is 2.11 bits per heavy atom. The Morgan fingerprint density at radius 1 is 0.768 bits per heavy atom. The molecule has 0 aromatic heterocycles. The van der Waals surface area contributed by atoms with Gasteiger partial charge in [-0.2, -0.15) is 0 Å². The van der Waals surface area contributed by atoms with Crippen LogP contribution in [0.1, 0.15) is 217 Å². The number of hydrogen-bond donors (Lipinski definition) is 3. The van der Waals surface area contributed by atoms with Gasteiger partial charge in [-0.1, -0.05) is 90.8 Å². The number of unbranched alkanes of at least 4 members (excludes halogenated alkanes) is 3. The molecule has 1 unspecified atom stereocenters. The third kappa shape index (κ3) is 21.7. The van der Waals surface area contributed by atoms with Gasteiger partial charge in [-0.3, -0.25) is 38.4 Å². The molecule has 0 spiro atoms. The minimum Gasteiger partial charge on any atom is -0.504 e. The number of hydrogen-bond acceptors (Lipinski definition) is 24. The van der Waals surface area contributed by atoms with Crippen LogP contribution in [-0.2, 0) is 90.6 Å². The van der Waals surface area contributed by atoms with E-state index in [4.69, 9.17) is 42.6 Å². The third-order valence-electron chi connectivity index (χ3n) is 25.3. The van der Waals surface area contributed by atoms with Crippen molar-refractivity contribution >= 4 is 58.9 Å². The van der Waals surface area contributed by atoms with Gasteiger partial charge in [0, 0.05) is 115 Å². The van der Waals surface area contributed by atoms with Gasteiger partial charge in [0.05, 0.1) is 29.8 Å². The molecule has 5 fully saturated rings. The summed E-state index contributed by atoms with van der Waals surface area (Å²) in [6, 6.07) is -1.21. The predicted molar refractivity (Wildman–Crippen MR) is 417 cm³/mol. The van der Waals surface area contributed by atoms with E-state index in [1.807, 2.05) is 82.0 Å². The van der Waals surface area contributed by atoms with Crippen LogP contribution in [0, 0.1) is 52.3 Å². The number of carbonyl (C=O) groups excluding carboxylic acids is 10. The molecule has 8 rings (SSSR count). The Morgan fingerprint density at radius 2 is 1.46 bits per heavy atom. The fourth-order valence-electron chi connectivity index (χ4n) is 18.7. The molecule has 2 saturated carbocycles. The highest BCUT2D eigenvalue weighted by atomic mass is 16.6. The average Bonchev–Trinajstić information content (AvgIpc) is 1.20. The summed E-state index contributed by atoms with van der Waals surface area (Å²) < 4.78 is 54.3. The van der Waals surface area contributed by atoms with Crippen molar-refractivity contribution in [3.63, 3.8) is 0 Å². The zero-order valence-corrected chi connectivity index (χ0v) is 69.4. The molecule has 624 valence electrons. The number of ether oxygens (including phenoxy) is 9. The lowest BCUT2D eigenvalue weighted by Gasteiger charge is -2.54. The topological polar surface area (TPSA) is 324 Å². The lowest BCUT2D eigenvalue weighted by Crippen LogP contribution is -2.61. The molecule has 4 aliphatic carbocycles. The van der Waals surface area contributed by atoms with Crippen LogP contribution in [0.15, 0.2) is 81.9 Å². The number of allylic oxidation sites excluding steroid dienone is 7. The molecule has 4 aliphatic heterocycles. The number of cyclic esters (lactones) is 2. The van der Waals surface area contributed by atoms with Crippen LogP contribution in [-0.4, -0.2) is 224 Å². The van der Waals surface area contributed by atoms with Crippen LogP contribution in [0.3, 0.4) is 0 Å². The summed E-state index contributed by atoms with van der Waals surface area (Å²) in [6.07, 6.45) is 15.1. The second-order valence-corrected chi connectivity index (χ2v) is 34.1. The standard InChI is InChI=1S/C87H129N3O22/c1-51-27-20-19-21-28-52(2)66(105-15)46-61-35-32-57(7)87(103,112-61)81(99)82(100)90-42-25-24-29-64(90)84(102)109-67(47-65(92)53(3)44-56(6)77(96)80(106-16)76(95)55(5)43-51)54(4)45-59-33-36-60(37-34-59)108-71(93)30-22-17-18-23-31-72(94)110-69-39-38-63-73-75(68(107-58(8)91)48-85(63,69)9)86(10)70(50-104-14)111-83(101)62(74(86)79(98)78(73)97)49-89(13)41-26-40-88(11)12/h19-21,27-28,44,49,51,53-55,57,59-61,63-64,66-70,77,80,96,98,103H,17-18,22-26,29-43,45-48,50H2,1-16H3/b21-19+,27-20+,52-28+,56-44+,62-49+/t51-,53-,54+,55-,57-,59?,60?,61+,63?,64+,66+,67+,68-,69+,70-,77-,80+,85+,86+,87-/m1/s1. The summed E-state index contributed by atoms with van der Waals surface area (Å²) in [7, 11) is 10.1. The maximum Gasteiger partial charge on any atom is 0.340 e. The zero-order chi connectivity index (χ0) is 82.3. The van der Waals surface area contributed by atoms with Crippen molar-refractivity contribution in [2.24, 2.45) is 52.3 Å². The second-order valence-electron chi connectivity index (χ2n) is 34.1. The Balaban J connectivity index is 0.868. The van der Waals surface area contributed by atoms with Crippen molar-refractivity contribution in [2.45, 2.75) is 284 Å². The number of Topliss-reactive ketones (excluding diaryl/α,β-unsaturated/α-hetero) is 4. The summed E-state index contributed by atoms with van der Waals surface area (Å²) in [5.41, 5.74) is -0.207. The van der Waals surface area contributed by atoms with E-state index in [2.05, 4.69) is 0 Å². The Kier molecular flexibility index (Phi) is 32.8. The minimum atomic E-state index is -2.49. The third-order valence-corrected chi connectivity index (χ3v) is 25.3. The normalized spacial score (nSPS) is 35.9. The quantitative estimate of drug-likeness (QED) is 0.0226. The lowest BCUT2D eigenvalue weighted by molar-refractivity contribution is -0.265. The molecular weight excluding hydrogens is 1440 g/mol. The molecule has 18 atom stereocenters. The van der Waals surface area contributed by atoms with Gasteiger partial charge in [-0.05, 0) is 191 Å². The van der Waals surface area contributed by atoms with Crippen LogP contribution in [0.2, 0.25) is 0 Å². The summed E-state index contributed by atoms with van der Waals surface area (Å²) in [4.78, 5) is 146. The molecule has 2 bridgehead atoms. The van der Waals surface area contributed by atoms with E-state index in [0.717, 1.165) is 18.5 Å². The number of aliphatic hydroxyl groups is 3. The summed E-state index contributed by atoms with van der Waals surface area (Å²) in [6.45, 7) is 18.9. The van der Waals surface area contributed by atoms with E-state index < -0.39 is 148 Å². The molecule has 3 saturated heterocycles. The first kappa shape index (κ1) is 90.5. The summed E-state index contributed by atoms with van der Waals surface area (Å²) >= 11 is 0. The number of methoxy groups -OCH3 is 3. The van der Waals surface area contributed by atoms with Gasteiger partial charge < -0.3 is 72.7 Å². The number of amides is 1. The molecule has 25 nitrogen and oxygen atoms in total. The fourth-order valence-corrected chi connectivity index (χ4v) is 18.7. The highest BCUT2D eigenvalue weighted by Crippen LogP contribution is 2.64. The monoisotopic (exact) mass is 1570 g/mol.